The van der Waals surface area contributed by atoms with E-state index in [-0.39, 0.29) is 17.9 Å². The molecule has 0 unspecified atom stereocenters. The molecule has 1 heterocycles. The van der Waals surface area contributed by atoms with Gasteiger partial charge in [0.05, 0.1) is 11.3 Å². The van der Waals surface area contributed by atoms with E-state index in [0.717, 1.165) is 5.56 Å². The smallest absolute Gasteiger partial charge is 0.335 e. The molecule has 1 atom stereocenters. The Morgan fingerprint density at radius 1 is 1.19 bits per heavy atom. The Kier molecular flexibility index (Phi) is 7.22. The maximum atomic E-state index is 12.5. The predicted molar refractivity (Wildman–Crippen MR) is 116 cm³/mol. The van der Waals surface area contributed by atoms with Crippen molar-refractivity contribution in [3.05, 3.63) is 77.2 Å². The lowest BCUT2D eigenvalue weighted by Gasteiger charge is -2.20. The molecule has 2 aromatic carbocycles. The molecule has 9 nitrogen and oxygen atoms in total. The van der Waals surface area contributed by atoms with Crippen molar-refractivity contribution in [3.63, 3.8) is 0 Å². The molecule has 9 heteroatoms. The molecule has 0 aliphatic carbocycles. The Bertz CT molecular complexity index is 1090. The van der Waals surface area contributed by atoms with Gasteiger partial charge in [-0.2, -0.15) is 0 Å². The number of hydrogen-bond acceptors (Lipinski definition) is 7. The third-order valence-electron chi connectivity index (χ3n) is 4.60. The normalized spacial score (nSPS) is 11.4. The van der Waals surface area contributed by atoms with Crippen LogP contribution in [0.5, 0.6) is 5.75 Å². The van der Waals surface area contributed by atoms with Crippen LogP contribution in [0.25, 0.3) is 0 Å². The van der Waals surface area contributed by atoms with E-state index in [0.29, 0.717) is 29.9 Å². The van der Waals surface area contributed by atoms with Gasteiger partial charge in [-0.25, -0.2) is 4.79 Å². The first-order chi connectivity index (χ1) is 15.4. The third-order valence-corrected chi connectivity index (χ3v) is 4.60. The number of aromatic carboxylic acids is 1. The molecule has 3 aromatic rings. The highest BCUT2D eigenvalue weighted by Crippen LogP contribution is 2.28. The van der Waals surface area contributed by atoms with Gasteiger partial charge in [0.2, 0.25) is 0 Å². The highest BCUT2D eigenvalue weighted by atomic mass is 16.5. The van der Waals surface area contributed by atoms with Gasteiger partial charge in [0.15, 0.2) is 5.69 Å². The zero-order valence-electron chi connectivity index (χ0n) is 17.6. The zero-order chi connectivity index (χ0) is 23.1. The number of carboxylic acid groups (broad SMARTS) is 1. The monoisotopic (exact) mass is 437 g/mol. The molecule has 0 fully saturated rings. The minimum absolute atomic E-state index is 0.0579. The van der Waals surface area contributed by atoms with Crippen LogP contribution in [0.2, 0.25) is 0 Å². The average Bonchev–Trinajstić information content (AvgIpc) is 3.25. The number of nitrogens with zero attached hydrogens (tertiary/aromatic N) is 2. The number of carbonyl (C=O) groups is 3. The number of ether oxygens (including phenoxy) is 1. The number of hydrogen-bond donors (Lipinski definition) is 2. The Hall–Kier alpha value is -4.14. The van der Waals surface area contributed by atoms with Crippen molar-refractivity contribution >= 4 is 23.9 Å². The highest BCUT2D eigenvalue weighted by molar-refractivity contribution is 5.94. The Labute approximate surface area is 184 Å². The minimum atomic E-state index is -1.06. The lowest BCUT2D eigenvalue weighted by molar-refractivity contribution is -0.110. The van der Waals surface area contributed by atoms with Crippen LogP contribution in [0.3, 0.4) is 0 Å². The third kappa shape index (κ3) is 5.72. The first kappa shape index (κ1) is 22.5. The number of amides is 1. The molecule has 0 aliphatic rings. The first-order valence-corrected chi connectivity index (χ1v) is 9.80. The number of benzene rings is 2. The number of aromatic nitrogens is 1. The Morgan fingerprint density at radius 3 is 2.59 bits per heavy atom. The summed E-state index contributed by atoms with van der Waals surface area (Å²) >= 11 is 0. The lowest BCUT2D eigenvalue weighted by Crippen LogP contribution is -2.40. The summed E-state index contributed by atoms with van der Waals surface area (Å²) in [4.78, 5) is 36.8. The number of rotatable bonds is 10. The van der Waals surface area contributed by atoms with Crippen molar-refractivity contribution in [3.8, 4) is 5.75 Å². The molecule has 2 N–H and O–H groups in total. The van der Waals surface area contributed by atoms with Gasteiger partial charge in [-0.05, 0) is 23.8 Å². The summed E-state index contributed by atoms with van der Waals surface area (Å²) in [5.41, 5.74) is 1.71. The maximum absolute atomic E-state index is 12.5. The number of carbonyl (C=O) groups excluding carboxylic acids is 2. The average molecular weight is 437 g/mol. The fourth-order valence-corrected chi connectivity index (χ4v) is 2.96. The second kappa shape index (κ2) is 10.3. The van der Waals surface area contributed by atoms with E-state index in [9.17, 15) is 14.4 Å². The van der Waals surface area contributed by atoms with Gasteiger partial charge in [-0.15, -0.1) is 0 Å². The summed E-state index contributed by atoms with van der Waals surface area (Å²) in [6.07, 6.45) is 1.05. The van der Waals surface area contributed by atoms with Crippen LogP contribution < -0.4 is 15.0 Å². The van der Waals surface area contributed by atoms with E-state index in [2.05, 4.69) is 10.5 Å². The molecular weight excluding hydrogens is 414 g/mol. The second-order valence-corrected chi connectivity index (χ2v) is 7.25. The van der Waals surface area contributed by atoms with Crippen molar-refractivity contribution in [2.45, 2.75) is 12.5 Å². The van der Waals surface area contributed by atoms with Gasteiger partial charge in [-0.3, -0.25) is 4.79 Å². The quantitative estimate of drug-likeness (QED) is 0.464. The molecule has 3 rings (SSSR count). The van der Waals surface area contributed by atoms with E-state index >= 15 is 0 Å². The summed E-state index contributed by atoms with van der Waals surface area (Å²) < 4.78 is 10.9. The SMILES string of the molecule is CN(C)c1cc(C(=O)O)ccc1OC[C@@H](C=O)NC(=O)c1cc(Cc2ccccc2)on1. The predicted octanol–water partition coefficient (Wildman–Crippen LogP) is 2.41. The Morgan fingerprint density at radius 2 is 1.94 bits per heavy atom. The van der Waals surface area contributed by atoms with Gasteiger partial charge >= 0.3 is 5.97 Å². The molecule has 0 saturated heterocycles. The summed E-state index contributed by atoms with van der Waals surface area (Å²) in [7, 11) is 3.48. The first-order valence-electron chi connectivity index (χ1n) is 9.80. The molecular formula is C23H23N3O6. The zero-order valence-corrected chi connectivity index (χ0v) is 17.6. The molecule has 0 aliphatic heterocycles. The van der Waals surface area contributed by atoms with Crippen molar-refractivity contribution in [1.82, 2.24) is 10.5 Å². The fourth-order valence-electron chi connectivity index (χ4n) is 2.96. The lowest BCUT2D eigenvalue weighted by atomic mass is 10.1. The van der Waals surface area contributed by atoms with Gasteiger partial charge < -0.3 is 29.4 Å². The summed E-state index contributed by atoms with van der Waals surface area (Å²) in [6, 6.07) is 14.6. The van der Waals surface area contributed by atoms with Crippen LogP contribution in [0.1, 0.15) is 32.2 Å². The topological polar surface area (TPSA) is 122 Å². The summed E-state index contributed by atoms with van der Waals surface area (Å²) in [6.45, 7) is -0.142. The molecule has 0 radical (unpaired) electrons. The maximum Gasteiger partial charge on any atom is 0.335 e. The number of nitrogens with one attached hydrogen (secondary N) is 1. The van der Waals surface area contributed by atoms with Crippen LogP contribution >= 0.6 is 0 Å². The van der Waals surface area contributed by atoms with Gasteiger partial charge in [0, 0.05) is 26.6 Å². The molecule has 1 aromatic heterocycles. The molecule has 32 heavy (non-hydrogen) atoms. The van der Waals surface area contributed by atoms with E-state index in [1.807, 2.05) is 30.3 Å². The Balaban J connectivity index is 1.62. The number of anilines is 1. The van der Waals surface area contributed by atoms with E-state index in [4.69, 9.17) is 14.4 Å². The second-order valence-electron chi connectivity index (χ2n) is 7.25. The fraction of sp³-hybridized carbons (Fsp3) is 0.217. The van der Waals surface area contributed by atoms with E-state index in [1.54, 1.807) is 19.0 Å². The van der Waals surface area contributed by atoms with Crippen molar-refractivity contribution < 1.29 is 28.8 Å². The van der Waals surface area contributed by atoms with Crippen molar-refractivity contribution in [2.75, 3.05) is 25.6 Å². The van der Waals surface area contributed by atoms with Crippen LogP contribution in [-0.4, -0.2) is 55.2 Å². The largest absolute Gasteiger partial charge is 0.489 e. The van der Waals surface area contributed by atoms with Gasteiger partial charge in [-0.1, -0.05) is 35.5 Å². The highest BCUT2D eigenvalue weighted by Gasteiger charge is 2.19. The van der Waals surface area contributed by atoms with Crippen LogP contribution in [-0.2, 0) is 11.2 Å². The molecule has 0 saturated carbocycles. The van der Waals surface area contributed by atoms with Crippen molar-refractivity contribution in [2.24, 2.45) is 0 Å². The number of aldehydes is 1. The van der Waals surface area contributed by atoms with Gasteiger partial charge in [0.25, 0.3) is 5.91 Å². The van der Waals surface area contributed by atoms with E-state index < -0.39 is 17.9 Å². The van der Waals surface area contributed by atoms with Crippen molar-refractivity contribution in [1.29, 1.82) is 0 Å². The van der Waals surface area contributed by atoms with Crippen LogP contribution in [0, 0.1) is 0 Å². The van der Waals surface area contributed by atoms with E-state index in [1.165, 1.54) is 24.3 Å². The molecule has 166 valence electrons. The molecule has 1 amide bonds. The van der Waals surface area contributed by atoms with Crippen LogP contribution in [0.15, 0.2) is 59.1 Å². The summed E-state index contributed by atoms with van der Waals surface area (Å²) in [5.74, 6) is -0.721. The summed E-state index contributed by atoms with van der Waals surface area (Å²) in [5, 5.41) is 15.5. The standard InChI is InChI=1S/C23H23N3O6/c1-26(2)20-11-16(23(29)30)8-9-21(20)31-14-17(13-27)24-22(28)19-12-18(32-25-19)10-15-6-4-3-5-7-15/h3-9,11-13,17H,10,14H2,1-2H3,(H,24,28)(H,29,30)/t17-/m1/s1. The number of carboxylic acids is 1. The minimum Gasteiger partial charge on any atom is -0.489 e. The molecule has 0 spiro atoms. The van der Waals surface area contributed by atoms with Crippen LogP contribution in [0.4, 0.5) is 5.69 Å². The molecule has 0 bridgehead atoms. The van der Waals surface area contributed by atoms with Gasteiger partial charge in [0.1, 0.15) is 30.4 Å².